The van der Waals surface area contributed by atoms with Crippen LogP contribution in [0.5, 0.6) is 5.75 Å². The standard InChI is InChI=1S/C44H54N8O10S2/c1-63-18-16-32(48-37(54)21-27-12-14-29(53)15-13-27)41(59)47-25-38(55)49-35(22-28-24-46-31-11-7-6-10-30(28)31)43(61)50-33(17-19-64-2)42(60)52-36(23-39(56)57)44(62)51-34(40(45)58)20-26-8-4-3-5-9-26/h3-15,24,32-36,46,53H,16-23,25H2,1-2H3,(H2,45,58)(H,47,59)(H,48,54)(H,49,55)(H,50,61)(H,51,62)(H,52,60)(H,56,57)/t32-,33-,34-,35-,36+/m0/s1. The number of H-pyrrole nitrogens is 1. The number of hydrogen-bond donors (Lipinski definition) is 10. The number of carbonyl (C=O) groups is 8. The van der Waals surface area contributed by atoms with Crippen LogP contribution in [-0.4, -0.2) is 123 Å². The van der Waals surface area contributed by atoms with Crippen LogP contribution in [0.2, 0.25) is 0 Å². The number of aliphatic carboxylic acids is 1. The molecule has 0 unspecified atom stereocenters. The lowest BCUT2D eigenvalue weighted by Gasteiger charge is -2.26. The van der Waals surface area contributed by atoms with Gasteiger partial charge >= 0.3 is 5.97 Å². The van der Waals surface area contributed by atoms with Crippen molar-refractivity contribution in [3.05, 3.63) is 102 Å². The molecule has 3 aromatic carbocycles. The molecule has 11 N–H and O–H groups in total. The van der Waals surface area contributed by atoms with E-state index in [1.54, 1.807) is 61.0 Å². The van der Waals surface area contributed by atoms with E-state index in [2.05, 4.69) is 36.9 Å². The Balaban J connectivity index is 1.49. The summed E-state index contributed by atoms with van der Waals surface area (Å²) in [4.78, 5) is 108. The van der Waals surface area contributed by atoms with Gasteiger partial charge in [-0.1, -0.05) is 60.7 Å². The summed E-state index contributed by atoms with van der Waals surface area (Å²) in [6.07, 6.45) is 4.63. The van der Waals surface area contributed by atoms with Gasteiger partial charge in [-0.25, -0.2) is 0 Å². The minimum atomic E-state index is -1.67. The zero-order chi connectivity index (χ0) is 46.6. The summed E-state index contributed by atoms with van der Waals surface area (Å²) in [6, 6.07) is 15.5. The van der Waals surface area contributed by atoms with E-state index in [0.717, 1.165) is 10.9 Å². The van der Waals surface area contributed by atoms with Crippen LogP contribution in [0, 0.1) is 0 Å². The van der Waals surface area contributed by atoms with Gasteiger partial charge in [-0.3, -0.25) is 38.4 Å². The van der Waals surface area contributed by atoms with Gasteiger partial charge in [0.05, 0.1) is 19.4 Å². The van der Waals surface area contributed by atoms with Gasteiger partial charge in [0, 0.05) is 29.9 Å². The number of thioether (sulfide) groups is 2. The van der Waals surface area contributed by atoms with Crippen molar-refractivity contribution in [1.29, 1.82) is 0 Å². The molecule has 20 heteroatoms. The van der Waals surface area contributed by atoms with Gasteiger partial charge in [-0.2, -0.15) is 23.5 Å². The molecule has 0 aliphatic carbocycles. The number of carboxylic acids is 1. The van der Waals surface area contributed by atoms with E-state index in [1.807, 2.05) is 24.5 Å². The van der Waals surface area contributed by atoms with Gasteiger partial charge in [0.15, 0.2) is 0 Å². The number of benzene rings is 3. The van der Waals surface area contributed by atoms with Crippen LogP contribution in [0.3, 0.4) is 0 Å². The molecular weight excluding hydrogens is 865 g/mol. The number of phenolic OH excluding ortho intramolecular Hbond substituents is 1. The Morgan fingerprint density at radius 3 is 1.83 bits per heavy atom. The van der Waals surface area contributed by atoms with Crippen molar-refractivity contribution in [3.8, 4) is 5.75 Å². The summed E-state index contributed by atoms with van der Waals surface area (Å²) in [5, 5.41) is 35.4. The summed E-state index contributed by atoms with van der Waals surface area (Å²) in [7, 11) is 0. The summed E-state index contributed by atoms with van der Waals surface area (Å²) in [5.41, 5.74) is 8.26. The van der Waals surface area contributed by atoms with Crippen molar-refractivity contribution in [2.45, 2.75) is 68.7 Å². The molecule has 0 saturated heterocycles. The Labute approximate surface area is 378 Å². The van der Waals surface area contributed by atoms with Crippen molar-refractivity contribution in [1.82, 2.24) is 36.9 Å². The van der Waals surface area contributed by atoms with Crippen molar-refractivity contribution in [3.63, 3.8) is 0 Å². The summed E-state index contributed by atoms with van der Waals surface area (Å²) < 4.78 is 0. The second-order valence-electron chi connectivity index (χ2n) is 14.8. The number of primary amides is 1. The monoisotopic (exact) mass is 918 g/mol. The topological polar surface area (TPSA) is 291 Å². The third-order valence-corrected chi connectivity index (χ3v) is 11.2. The van der Waals surface area contributed by atoms with Crippen molar-refractivity contribution < 1.29 is 48.6 Å². The summed E-state index contributed by atoms with van der Waals surface area (Å²) in [5.74, 6) is -5.88. The lowest BCUT2D eigenvalue weighted by atomic mass is 10.0. The SMILES string of the molecule is CSCC[C@H](NC(=O)Cc1ccc(O)cc1)C(=O)NCC(=O)N[C@@H](Cc1c[nH]c2ccccc12)C(=O)N[C@@H](CCSC)C(=O)N[C@H](CC(=O)O)C(=O)N[C@@H](Cc1ccccc1)C(N)=O. The highest BCUT2D eigenvalue weighted by atomic mass is 32.2. The number of hydrogen-bond acceptors (Lipinski definition) is 11. The van der Waals surface area contributed by atoms with Gasteiger partial charge in [0.2, 0.25) is 41.4 Å². The number of nitrogens with one attached hydrogen (secondary N) is 7. The lowest BCUT2D eigenvalue weighted by Crippen LogP contribution is -2.59. The average Bonchev–Trinajstić information content (AvgIpc) is 3.68. The van der Waals surface area contributed by atoms with E-state index in [9.17, 15) is 48.6 Å². The van der Waals surface area contributed by atoms with Crippen LogP contribution >= 0.6 is 23.5 Å². The predicted molar refractivity (Wildman–Crippen MR) is 244 cm³/mol. The molecule has 7 amide bonds. The van der Waals surface area contributed by atoms with Crippen LogP contribution in [0.15, 0.2) is 85.1 Å². The number of aromatic amines is 1. The number of aromatic nitrogens is 1. The van der Waals surface area contributed by atoms with Gasteiger partial charge in [-0.05, 0) is 71.7 Å². The minimum absolute atomic E-state index is 0.00647. The number of amides is 7. The van der Waals surface area contributed by atoms with Crippen molar-refractivity contribution in [2.75, 3.05) is 30.6 Å². The molecular formula is C44H54N8O10S2. The molecule has 1 heterocycles. The number of nitrogens with two attached hydrogens (primary N) is 1. The molecule has 0 radical (unpaired) electrons. The molecule has 342 valence electrons. The largest absolute Gasteiger partial charge is 0.508 e. The van der Waals surface area contributed by atoms with Crippen LogP contribution in [0.25, 0.3) is 10.9 Å². The molecule has 5 atom stereocenters. The smallest absolute Gasteiger partial charge is 0.305 e. The van der Waals surface area contributed by atoms with Gasteiger partial charge in [0.1, 0.15) is 36.0 Å². The third kappa shape index (κ3) is 16.3. The number of fused-ring (bicyclic) bond motifs is 1. The third-order valence-electron chi connectivity index (χ3n) is 9.94. The van der Waals surface area contributed by atoms with E-state index in [-0.39, 0.29) is 37.9 Å². The van der Waals surface area contributed by atoms with Crippen molar-refractivity contribution >= 4 is 81.7 Å². The normalized spacial score (nSPS) is 13.3. The second kappa shape index (κ2) is 25.5. The highest BCUT2D eigenvalue weighted by Crippen LogP contribution is 2.20. The molecule has 0 fully saturated rings. The maximum absolute atomic E-state index is 14.2. The van der Waals surface area contributed by atoms with Crippen LogP contribution in [0.1, 0.15) is 36.0 Å². The Kier molecular flexibility index (Phi) is 20.0. The van der Waals surface area contributed by atoms with E-state index in [4.69, 9.17) is 5.73 Å². The van der Waals surface area contributed by atoms with E-state index in [0.29, 0.717) is 28.2 Å². The maximum Gasteiger partial charge on any atom is 0.305 e. The van der Waals surface area contributed by atoms with Crippen LogP contribution < -0.4 is 37.6 Å². The summed E-state index contributed by atoms with van der Waals surface area (Å²) >= 11 is 2.82. The second-order valence-corrected chi connectivity index (χ2v) is 16.8. The number of carboxylic acid groups (broad SMARTS) is 1. The summed E-state index contributed by atoms with van der Waals surface area (Å²) in [6.45, 7) is -0.570. The molecule has 64 heavy (non-hydrogen) atoms. The highest BCUT2D eigenvalue weighted by molar-refractivity contribution is 7.98. The van der Waals surface area contributed by atoms with Crippen molar-refractivity contribution in [2.24, 2.45) is 5.73 Å². The molecule has 0 spiro atoms. The average molecular weight is 919 g/mol. The van der Waals surface area contributed by atoms with Gasteiger partial charge in [-0.15, -0.1) is 0 Å². The number of rotatable bonds is 26. The fraction of sp³-hybridized carbons (Fsp3) is 0.364. The fourth-order valence-electron chi connectivity index (χ4n) is 6.59. The van der Waals surface area contributed by atoms with E-state index < -0.39 is 90.5 Å². The first-order valence-electron chi connectivity index (χ1n) is 20.3. The quantitative estimate of drug-likeness (QED) is 0.0421. The number of phenols is 1. The zero-order valence-electron chi connectivity index (χ0n) is 35.4. The molecule has 4 rings (SSSR count). The molecule has 0 aliphatic rings. The highest BCUT2D eigenvalue weighted by Gasteiger charge is 2.33. The minimum Gasteiger partial charge on any atom is -0.508 e. The lowest BCUT2D eigenvalue weighted by molar-refractivity contribution is -0.141. The van der Waals surface area contributed by atoms with Crippen LogP contribution in [-0.2, 0) is 57.6 Å². The molecule has 0 bridgehead atoms. The Morgan fingerprint density at radius 2 is 1.19 bits per heavy atom. The fourth-order valence-corrected chi connectivity index (χ4v) is 7.54. The number of carbonyl (C=O) groups excluding carboxylic acids is 7. The molecule has 0 saturated carbocycles. The van der Waals surface area contributed by atoms with Crippen LogP contribution in [0.4, 0.5) is 0 Å². The molecule has 1 aromatic heterocycles. The molecule has 0 aliphatic heterocycles. The molecule has 4 aromatic rings. The number of aromatic hydroxyl groups is 1. The Bertz CT molecular complexity index is 2240. The predicted octanol–water partition coefficient (Wildman–Crippen LogP) is 0.908. The first kappa shape index (κ1) is 50.1. The molecule has 18 nitrogen and oxygen atoms in total. The first-order valence-corrected chi connectivity index (χ1v) is 23.1. The zero-order valence-corrected chi connectivity index (χ0v) is 37.0. The van der Waals surface area contributed by atoms with E-state index >= 15 is 0 Å². The van der Waals surface area contributed by atoms with Gasteiger partial charge in [0.25, 0.3) is 0 Å². The Morgan fingerprint density at radius 1 is 0.625 bits per heavy atom. The maximum atomic E-state index is 14.2. The van der Waals surface area contributed by atoms with E-state index in [1.165, 1.54) is 35.7 Å². The first-order chi connectivity index (χ1) is 30.7. The van der Waals surface area contributed by atoms with Gasteiger partial charge < -0.3 is 52.8 Å². The number of para-hydroxylation sites is 1. The Hall–Kier alpha value is -6.54.